The maximum Gasteiger partial charge on any atom is 0.0719 e. The van der Waals surface area contributed by atoms with Gasteiger partial charge in [0.15, 0.2) is 0 Å². The van der Waals surface area contributed by atoms with Crippen molar-refractivity contribution in [2.24, 2.45) is 0 Å². The van der Waals surface area contributed by atoms with Gasteiger partial charge in [0, 0.05) is 22.5 Å². The number of anilines is 3. The van der Waals surface area contributed by atoms with Crippen LogP contribution in [0.3, 0.4) is 0 Å². The van der Waals surface area contributed by atoms with Gasteiger partial charge < -0.3 is 4.90 Å². The molecule has 72 heavy (non-hydrogen) atoms. The van der Waals surface area contributed by atoms with E-state index in [0.29, 0.717) is 0 Å². The molecule has 0 N–H and O–H groups in total. The average Bonchev–Trinajstić information content (AvgIpc) is 4.01. The molecule has 0 spiro atoms. The molecule has 11 aromatic carbocycles. The third kappa shape index (κ3) is 5.90. The zero-order valence-corrected chi connectivity index (χ0v) is 40.3. The zero-order chi connectivity index (χ0) is 48.0. The van der Waals surface area contributed by atoms with Gasteiger partial charge in [0.05, 0.1) is 10.8 Å². The highest BCUT2D eigenvalue weighted by Gasteiger charge is 2.48. The minimum atomic E-state index is -0.525. The summed E-state index contributed by atoms with van der Waals surface area (Å²) in [7, 11) is 0. The summed E-state index contributed by atoms with van der Waals surface area (Å²) in [5.41, 5.74) is 25.0. The van der Waals surface area contributed by atoms with E-state index in [1.807, 2.05) is 6.07 Å². The lowest BCUT2D eigenvalue weighted by Crippen LogP contribution is -2.28. The lowest BCUT2D eigenvalue weighted by molar-refractivity contribution is 0.660. The molecular formula is C71H49N. The van der Waals surface area contributed by atoms with E-state index < -0.39 is 10.8 Å². The number of rotatable bonds is 8. The largest absolute Gasteiger partial charge is 0.310 e. The molecule has 1 heteroatoms. The Hall–Kier alpha value is -8.96. The van der Waals surface area contributed by atoms with Gasteiger partial charge in [-0.05, 0) is 161 Å². The van der Waals surface area contributed by atoms with Crippen LogP contribution in [0.2, 0.25) is 0 Å². The summed E-state index contributed by atoms with van der Waals surface area (Å²) in [4.78, 5) is 2.48. The molecule has 1 unspecified atom stereocenters. The van der Waals surface area contributed by atoms with Gasteiger partial charge in [-0.1, -0.05) is 226 Å². The van der Waals surface area contributed by atoms with E-state index in [1.54, 1.807) is 0 Å². The van der Waals surface area contributed by atoms with Crippen LogP contribution in [-0.4, -0.2) is 0 Å². The highest BCUT2D eigenvalue weighted by molar-refractivity contribution is 5.92. The van der Waals surface area contributed by atoms with Crippen LogP contribution in [0.25, 0.3) is 44.5 Å². The summed E-state index contributed by atoms with van der Waals surface area (Å²) < 4.78 is 0. The van der Waals surface area contributed by atoms with Gasteiger partial charge >= 0.3 is 0 Å². The molecular weight excluding hydrogens is 867 g/mol. The molecule has 11 aromatic rings. The Morgan fingerprint density at radius 2 is 0.722 bits per heavy atom. The van der Waals surface area contributed by atoms with Crippen LogP contribution >= 0.6 is 0 Å². The van der Waals surface area contributed by atoms with E-state index in [2.05, 4.69) is 286 Å². The second kappa shape index (κ2) is 16.0. The van der Waals surface area contributed by atoms with Crippen LogP contribution in [0.1, 0.15) is 69.5 Å². The van der Waals surface area contributed by atoms with Gasteiger partial charge in [-0.3, -0.25) is 0 Å². The highest BCUT2D eigenvalue weighted by atomic mass is 15.1. The monoisotopic (exact) mass is 915 g/mol. The maximum absolute atomic E-state index is 3.30. The van der Waals surface area contributed by atoms with Gasteiger partial charge in [-0.2, -0.15) is 0 Å². The summed E-state index contributed by atoms with van der Waals surface area (Å²) in [6, 6.07) is 103. The molecule has 0 heterocycles. The minimum absolute atomic E-state index is 0.158. The molecule has 0 fully saturated rings. The van der Waals surface area contributed by atoms with Crippen LogP contribution in [0, 0.1) is 12.1 Å². The normalized spacial score (nSPS) is 14.5. The summed E-state index contributed by atoms with van der Waals surface area (Å²) in [6.07, 6.45) is 0. The summed E-state index contributed by atoms with van der Waals surface area (Å²) in [5, 5.41) is 0. The van der Waals surface area contributed by atoms with Crippen LogP contribution in [0.4, 0.5) is 17.1 Å². The standard InChI is InChI=1S/C71H49N/c1-69(2)63-32-18-15-29-57(63)60-42-40-55(46-67(60)69)72(56-41-43-61-58-30-16-19-33-64(58)71(68(61)47-56,52-25-11-5-12-26-52)53-27-13-6-14-28-53)54-38-35-48(36-39-54)49-37-44-66-62(45-49)59-31-17-20-34-65(59)70(66,50-21-7-3-8-22-50)51-23-9-4-10-24-51/h3,5-9,11-47H,1-2H3. The fourth-order valence-electron chi connectivity index (χ4n) is 13.2. The molecule has 3 aliphatic rings. The van der Waals surface area contributed by atoms with E-state index in [-0.39, 0.29) is 5.41 Å². The first-order valence-corrected chi connectivity index (χ1v) is 25.2. The first-order chi connectivity index (χ1) is 35.5. The van der Waals surface area contributed by atoms with Crippen molar-refractivity contribution in [3.05, 3.63) is 329 Å². The van der Waals surface area contributed by atoms with Crippen molar-refractivity contribution in [2.75, 3.05) is 4.90 Å². The Morgan fingerprint density at radius 3 is 1.29 bits per heavy atom. The Morgan fingerprint density at radius 1 is 0.292 bits per heavy atom. The van der Waals surface area contributed by atoms with Crippen LogP contribution in [0.15, 0.2) is 261 Å². The molecule has 0 bridgehead atoms. The van der Waals surface area contributed by atoms with Gasteiger partial charge in [0.1, 0.15) is 0 Å². The van der Waals surface area contributed by atoms with Crippen molar-refractivity contribution in [2.45, 2.75) is 30.1 Å². The average molecular weight is 916 g/mol. The number of fused-ring (bicyclic) bond motifs is 9. The number of nitrogens with zero attached hydrogens (tertiary/aromatic N) is 1. The molecule has 338 valence electrons. The van der Waals surface area contributed by atoms with Gasteiger partial charge in [0.2, 0.25) is 0 Å². The Balaban J connectivity index is 0.941. The highest BCUT2D eigenvalue weighted by Crippen LogP contribution is 2.59. The Labute approximate surface area is 423 Å². The third-order valence-corrected chi connectivity index (χ3v) is 16.3. The number of hydrogen-bond acceptors (Lipinski definition) is 1. The Kier molecular flexibility index (Phi) is 9.35. The van der Waals surface area contributed by atoms with E-state index in [1.165, 1.54) is 100 Å². The second-order valence-corrected chi connectivity index (χ2v) is 20.2. The van der Waals surface area contributed by atoms with E-state index in [4.69, 9.17) is 0 Å². The molecule has 1 nitrogen and oxygen atoms in total. The van der Waals surface area contributed by atoms with Crippen LogP contribution in [0.5, 0.6) is 0 Å². The lowest BCUT2D eigenvalue weighted by atomic mass is 9.67. The lowest BCUT2D eigenvalue weighted by Gasteiger charge is -2.35. The second-order valence-electron chi connectivity index (χ2n) is 20.2. The molecule has 0 aliphatic heterocycles. The summed E-state index contributed by atoms with van der Waals surface area (Å²) >= 11 is 0. The van der Waals surface area contributed by atoms with Crippen LogP contribution < -0.4 is 4.90 Å². The molecule has 1 atom stereocenters. The zero-order valence-electron chi connectivity index (χ0n) is 40.3. The number of hydrogen-bond donors (Lipinski definition) is 0. The van der Waals surface area contributed by atoms with Crippen LogP contribution in [-0.2, 0) is 16.2 Å². The first-order valence-electron chi connectivity index (χ1n) is 25.2. The van der Waals surface area contributed by atoms with Gasteiger partial charge in [-0.25, -0.2) is 0 Å². The smallest absolute Gasteiger partial charge is 0.0719 e. The third-order valence-electron chi connectivity index (χ3n) is 16.3. The molecule has 0 radical (unpaired) electrons. The molecule has 0 aromatic heterocycles. The SMILES string of the molecule is CC1(C)c2ccccc2-c2ccc(N(c3ccc(-c4ccc5c(c4)-c4ccccc4C5(c4cc#ccc4)c4ccccc4)cc3)c3ccc4c(c3)C(c3ccccc3)(c3ccccc3)c3ccccc3-4)cc21. The van der Waals surface area contributed by atoms with Crippen molar-refractivity contribution < 1.29 is 0 Å². The summed E-state index contributed by atoms with van der Waals surface area (Å²) in [6.45, 7) is 4.74. The predicted molar refractivity (Wildman–Crippen MR) is 296 cm³/mol. The topological polar surface area (TPSA) is 3.24 Å². The number of benzene rings is 10. The predicted octanol–water partition coefficient (Wildman–Crippen LogP) is 17.5. The van der Waals surface area contributed by atoms with Gasteiger partial charge in [-0.15, -0.1) is 0 Å². The molecule has 14 rings (SSSR count). The van der Waals surface area contributed by atoms with Crippen molar-refractivity contribution in [3.8, 4) is 44.5 Å². The van der Waals surface area contributed by atoms with Crippen molar-refractivity contribution in [3.63, 3.8) is 0 Å². The van der Waals surface area contributed by atoms with Crippen molar-refractivity contribution in [1.82, 2.24) is 0 Å². The Bertz CT molecular complexity index is 3790. The molecule has 0 saturated carbocycles. The quantitative estimate of drug-likeness (QED) is 0.147. The van der Waals surface area contributed by atoms with E-state index >= 15 is 0 Å². The van der Waals surface area contributed by atoms with E-state index in [0.717, 1.165) is 17.1 Å². The van der Waals surface area contributed by atoms with E-state index in [9.17, 15) is 0 Å². The van der Waals surface area contributed by atoms with Crippen molar-refractivity contribution in [1.29, 1.82) is 0 Å². The summed E-state index contributed by atoms with van der Waals surface area (Å²) in [5.74, 6) is 0. The fraction of sp³-hybridized carbons (Fsp3) is 0.0704. The van der Waals surface area contributed by atoms with Gasteiger partial charge in [0.25, 0.3) is 0 Å². The first kappa shape index (κ1) is 42.0. The molecule has 3 aliphatic carbocycles. The maximum atomic E-state index is 3.30. The minimum Gasteiger partial charge on any atom is -0.310 e. The van der Waals surface area contributed by atoms with Crippen molar-refractivity contribution >= 4 is 17.1 Å². The molecule has 0 saturated heterocycles. The molecule has 0 amide bonds. The fourth-order valence-corrected chi connectivity index (χ4v) is 13.2.